The van der Waals surface area contributed by atoms with Crippen LogP contribution in [0.25, 0.3) is 0 Å². The molecule has 1 aliphatic heterocycles. The van der Waals surface area contributed by atoms with Gasteiger partial charge >= 0.3 is 0 Å². The number of carbonyl (C=O) groups excluding carboxylic acids is 1. The van der Waals surface area contributed by atoms with Crippen LogP contribution in [0, 0.1) is 0 Å². The molecule has 92 valence electrons. The van der Waals surface area contributed by atoms with Crippen LogP contribution < -0.4 is 0 Å². The van der Waals surface area contributed by atoms with Crippen LogP contribution in [0.3, 0.4) is 0 Å². The van der Waals surface area contributed by atoms with Gasteiger partial charge in [-0.2, -0.15) is 0 Å². The summed E-state index contributed by atoms with van der Waals surface area (Å²) in [5.74, 6) is -0.0986. The lowest BCUT2D eigenvalue weighted by Gasteiger charge is -2.25. The minimum absolute atomic E-state index is 0.0986. The highest BCUT2D eigenvalue weighted by atomic mass is 35.5. The molecule has 0 unspecified atom stereocenters. The van der Waals surface area contributed by atoms with Crippen molar-refractivity contribution in [3.05, 3.63) is 46.6 Å². The first-order chi connectivity index (χ1) is 8.74. The molecule has 2 aromatic heterocycles. The molecule has 0 saturated carbocycles. The molecule has 1 amide bonds. The third kappa shape index (κ3) is 1.97. The molecule has 3 rings (SSSR count). The number of carbonyl (C=O) groups is 1. The van der Waals surface area contributed by atoms with Crippen molar-refractivity contribution in [2.75, 3.05) is 6.54 Å². The monoisotopic (exact) mass is 263 g/mol. The van der Waals surface area contributed by atoms with E-state index >= 15 is 0 Å². The zero-order valence-electron chi connectivity index (χ0n) is 9.47. The summed E-state index contributed by atoms with van der Waals surface area (Å²) in [6.07, 6.45) is 3.78. The molecule has 0 N–H and O–H groups in total. The van der Waals surface area contributed by atoms with E-state index < -0.39 is 0 Å². The van der Waals surface area contributed by atoms with Gasteiger partial charge in [0.05, 0.1) is 17.3 Å². The molecule has 0 saturated heterocycles. The van der Waals surface area contributed by atoms with Crippen LogP contribution in [-0.2, 0) is 13.0 Å². The van der Waals surface area contributed by atoms with Crippen LogP contribution in [0.4, 0.5) is 0 Å². The molecular weight excluding hydrogens is 254 g/mol. The summed E-state index contributed by atoms with van der Waals surface area (Å²) in [5, 5.41) is 4.41. The Hall–Kier alpha value is -1.88. The first-order valence-electron chi connectivity index (χ1n) is 5.57. The molecule has 2 aromatic rings. The van der Waals surface area contributed by atoms with Crippen molar-refractivity contribution in [2.24, 2.45) is 0 Å². The quantitative estimate of drug-likeness (QED) is 0.789. The number of amides is 1. The number of halogens is 1. The van der Waals surface area contributed by atoms with Crippen molar-refractivity contribution in [1.29, 1.82) is 0 Å². The normalized spacial score (nSPS) is 14.4. The second-order valence-electron chi connectivity index (χ2n) is 4.12. The van der Waals surface area contributed by atoms with Crippen LogP contribution in [0.1, 0.15) is 21.7 Å². The Morgan fingerprint density at radius 2 is 2.33 bits per heavy atom. The smallest absolute Gasteiger partial charge is 0.272 e. The zero-order valence-corrected chi connectivity index (χ0v) is 10.2. The molecule has 0 spiro atoms. The maximum absolute atomic E-state index is 12.2. The number of nitrogens with zero attached hydrogens (tertiary/aromatic N) is 3. The van der Waals surface area contributed by atoms with Crippen LogP contribution in [0.5, 0.6) is 0 Å². The summed E-state index contributed by atoms with van der Waals surface area (Å²) in [6, 6.07) is 3.30. The van der Waals surface area contributed by atoms with Gasteiger partial charge in [0.2, 0.25) is 0 Å². The molecule has 3 heterocycles. The number of rotatable bonds is 1. The topological polar surface area (TPSA) is 59.2 Å². The van der Waals surface area contributed by atoms with Gasteiger partial charge in [0.25, 0.3) is 5.91 Å². The van der Waals surface area contributed by atoms with Crippen molar-refractivity contribution < 1.29 is 9.32 Å². The molecule has 6 heteroatoms. The zero-order chi connectivity index (χ0) is 12.5. The highest BCUT2D eigenvalue weighted by Crippen LogP contribution is 2.19. The Morgan fingerprint density at radius 1 is 1.44 bits per heavy atom. The SMILES string of the molecule is O=C(c1ccc(Cl)cn1)N1CCc2nocc2C1. The molecule has 0 radical (unpaired) electrons. The van der Waals surface area contributed by atoms with Crippen LogP contribution in [0.2, 0.25) is 5.02 Å². The fourth-order valence-corrected chi connectivity index (χ4v) is 2.09. The highest BCUT2D eigenvalue weighted by molar-refractivity contribution is 6.30. The average molecular weight is 264 g/mol. The van der Waals surface area contributed by atoms with Gasteiger partial charge in [-0.25, -0.2) is 4.98 Å². The standard InChI is InChI=1S/C12H10ClN3O2/c13-9-1-2-11(14-5-9)12(17)16-4-3-10-8(6-16)7-18-15-10/h1-2,5,7H,3-4,6H2. The summed E-state index contributed by atoms with van der Waals surface area (Å²) in [4.78, 5) is 18.0. The first-order valence-corrected chi connectivity index (χ1v) is 5.95. The number of aromatic nitrogens is 2. The lowest BCUT2D eigenvalue weighted by atomic mass is 10.1. The van der Waals surface area contributed by atoms with Gasteiger partial charge in [0, 0.05) is 24.7 Å². The molecule has 0 aromatic carbocycles. The van der Waals surface area contributed by atoms with E-state index in [9.17, 15) is 4.79 Å². The van der Waals surface area contributed by atoms with Crippen molar-refractivity contribution in [1.82, 2.24) is 15.0 Å². The predicted octanol–water partition coefficient (Wildman–Crippen LogP) is 1.92. The Bertz CT molecular complexity index is 579. The fourth-order valence-electron chi connectivity index (χ4n) is 1.98. The van der Waals surface area contributed by atoms with Gasteiger partial charge in [-0.3, -0.25) is 4.79 Å². The third-order valence-electron chi connectivity index (χ3n) is 2.94. The van der Waals surface area contributed by atoms with Gasteiger partial charge in [-0.15, -0.1) is 0 Å². The summed E-state index contributed by atoms with van der Waals surface area (Å²) in [6.45, 7) is 1.14. The van der Waals surface area contributed by atoms with E-state index in [4.69, 9.17) is 16.1 Å². The second kappa shape index (κ2) is 4.42. The number of pyridine rings is 1. The fraction of sp³-hybridized carbons (Fsp3) is 0.250. The number of hydrogen-bond acceptors (Lipinski definition) is 4. The molecule has 5 nitrogen and oxygen atoms in total. The second-order valence-corrected chi connectivity index (χ2v) is 4.56. The van der Waals surface area contributed by atoms with Gasteiger partial charge in [-0.05, 0) is 12.1 Å². The van der Waals surface area contributed by atoms with Crippen molar-refractivity contribution in [2.45, 2.75) is 13.0 Å². The van der Waals surface area contributed by atoms with E-state index in [0.29, 0.717) is 30.2 Å². The molecule has 0 bridgehead atoms. The third-order valence-corrected chi connectivity index (χ3v) is 3.17. The predicted molar refractivity (Wildman–Crippen MR) is 64.2 cm³/mol. The van der Waals surface area contributed by atoms with Crippen LogP contribution >= 0.6 is 11.6 Å². The van der Waals surface area contributed by atoms with Gasteiger partial charge in [0.15, 0.2) is 0 Å². The van der Waals surface area contributed by atoms with Crippen LogP contribution in [0.15, 0.2) is 29.1 Å². The summed E-state index contributed by atoms with van der Waals surface area (Å²) in [7, 11) is 0. The first kappa shape index (κ1) is 11.2. The van der Waals surface area contributed by atoms with E-state index in [-0.39, 0.29) is 5.91 Å². The summed E-state index contributed by atoms with van der Waals surface area (Å²) in [5.41, 5.74) is 2.30. The Morgan fingerprint density at radius 3 is 3.11 bits per heavy atom. The van der Waals surface area contributed by atoms with Crippen molar-refractivity contribution in [3.8, 4) is 0 Å². The van der Waals surface area contributed by atoms with Gasteiger partial charge in [-0.1, -0.05) is 16.8 Å². The van der Waals surface area contributed by atoms with Crippen molar-refractivity contribution >= 4 is 17.5 Å². The molecule has 0 aliphatic carbocycles. The van der Waals surface area contributed by atoms with E-state index in [0.717, 1.165) is 11.3 Å². The number of hydrogen-bond donors (Lipinski definition) is 0. The van der Waals surface area contributed by atoms with Gasteiger partial charge < -0.3 is 9.42 Å². The Kier molecular flexibility index (Phi) is 2.76. The molecule has 0 fully saturated rings. The molecular formula is C12H10ClN3O2. The minimum atomic E-state index is -0.0986. The molecule has 0 atom stereocenters. The van der Waals surface area contributed by atoms with Crippen molar-refractivity contribution in [3.63, 3.8) is 0 Å². The average Bonchev–Trinajstić information content (AvgIpc) is 2.86. The Labute approximate surface area is 108 Å². The maximum Gasteiger partial charge on any atom is 0.272 e. The van der Waals surface area contributed by atoms with E-state index in [1.807, 2.05) is 0 Å². The Balaban J connectivity index is 1.80. The highest BCUT2D eigenvalue weighted by Gasteiger charge is 2.24. The molecule has 1 aliphatic rings. The minimum Gasteiger partial charge on any atom is -0.364 e. The van der Waals surface area contributed by atoms with Crippen LogP contribution in [-0.4, -0.2) is 27.5 Å². The summed E-state index contributed by atoms with van der Waals surface area (Å²) >= 11 is 5.75. The van der Waals surface area contributed by atoms with E-state index in [1.165, 1.54) is 6.20 Å². The maximum atomic E-state index is 12.2. The largest absolute Gasteiger partial charge is 0.364 e. The van der Waals surface area contributed by atoms with Gasteiger partial charge in [0.1, 0.15) is 12.0 Å². The van der Waals surface area contributed by atoms with E-state index in [1.54, 1.807) is 23.3 Å². The lowest BCUT2D eigenvalue weighted by Crippen LogP contribution is -2.36. The summed E-state index contributed by atoms with van der Waals surface area (Å²) < 4.78 is 4.90. The number of fused-ring (bicyclic) bond motifs is 1. The van der Waals surface area contributed by atoms with E-state index in [2.05, 4.69) is 10.1 Å². The molecule has 18 heavy (non-hydrogen) atoms. The lowest BCUT2D eigenvalue weighted by molar-refractivity contribution is 0.0728.